The first-order valence-corrected chi connectivity index (χ1v) is 7.69. The van der Waals surface area contributed by atoms with E-state index < -0.39 is 0 Å². The number of halogens is 1. The van der Waals surface area contributed by atoms with Gasteiger partial charge in [0.25, 0.3) is 0 Å². The Morgan fingerprint density at radius 1 is 1.30 bits per heavy atom. The number of rotatable bonds is 5. The lowest BCUT2D eigenvalue weighted by atomic mass is 10.0. The molecular formula is C15H23BrN2O2. The van der Waals surface area contributed by atoms with Gasteiger partial charge in [0, 0.05) is 43.5 Å². The Morgan fingerprint density at radius 2 is 1.90 bits per heavy atom. The van der Waals surface area contributed by atoms with Crippen molar-refractivity contribution in [2.45, 2.75) is 31.6 Å². The van der Waals surface area contributed by atoms with Gasteiger partial charge in [-0.05, 0) is 37.1 Å². The molecule has 0 amide bonds. The van der Waals surface area contributed by atoms with Crippen LogP contribution in [0.25, 0.3) is 0 Å². The number of hydrogen-bond donors (Lipinski definition) is 1. The maximum Gasteiger partial charge on any atom is 0.102 e. The van der Waals surface area contributed by atoms with Gasteiger partial charge >= 0.3 is 0 Å². The average Bonchev–Trinajstić information content (AvgIpc) is 2.81. The van der Waals surface area contributed by atoms with E-state index in [4.69, 9.17) is 15.2 Å². The zero-order valence-corrected chi connectivity index (χ0v) is 13.9. The minimum atomic E-state index is 0.117. The molecule has 0 radical (unpaired) electrons. The molecule has 3 atom stereocenters. The largest absolute Gasteiger partial charge is 0.377 e. The van der Waals surface area contributed by atoms with Gasteiger partial charge in [0.15, 0.2) is 0 Å². The van der Waals surface area contributed by atoms with Crippen molar-refractivity contribution in [1.82, 2.24) is 0 Å². The highest BCUT2D eigenvalue weighted by Crippen LogP contribution is 2.29. The van der Waals surface area contributed by atoms with Crippen LogP contribution < -0.4 is 10.6 Å². The van der Waals surface area contributed by atoms with E-state index in [0.29, 0.717) is 0 Å². The van der Waals surface area contributed by atoms with E-state index in [1.165, 1.54) is 11.3 Å². The van der Waals surface area contributed by atoms with Crippen LogP contribution in [-0.2, 0) is 15.9 Å². The molecule has 1 heterocycles. The van der Waals surface area contributed by atoms with Gasteiger partial charge in [-0.1, -0.05) is 15.9 Å². The number of methoxy groups -OCH3 is 2. The Morgan fingerprint density at radius 3 is 2.40 bits per heavy atom. The summed E-state index contributed by atoms with van der Waals surface area (Å²) < 4.78 is 12.1. The fraction of sp³-hybridized carbons (Fsp3) is 0.600. The van der Waals surface area contributed by atoms with E-state index in [1.54, 1.807) is 14.2 Å². The van der Waals surface area contributed by atoms with Crippen LogP contribution in [0.3, 0.4) is 0 Å². The predicted molar refractivity (Wildman–Crippen MR) is 85.3 cm³/mol. The molecular weight excluding hydrogens is 320 g/mol. The second-order valence-corrected chi connectivity index (χ2v) is 6.32. The second-order valence-electron chi connectivity index (χ2n) is 5.41. The highest BCUT2D eigenvalue weighted by molar-refractivity contribution is 9.10. The van der Waals surface area contributed by atoms with Crippen molar-refractivity contribution in [3.8, 4) is 0 Å². The third kappa shape index (κ3) is 3.52. The molecule has 4 nitrogen and oxygen atoms in total. The van der Waals surface area contributed by atoms with Gasteiger partial charge in [0.2, 0.25) is 0 Å². The van der Waals surface area contributed by atoms with Crippen molar-refractivity contribution in [3.63, 3.8) is 0 Å². The molecule has 0 bridgehead atoms. The Balaban J connectivity index is 2.24. The second kappa shape index (κ2) is 6.89. The van der Waals surface area contributed by atoms with Gasteiger partial charge < -0.3 is 20.1 Å². The van der Waals surface area contributed by atoms with Crippen LogP contribution in [0.4, 0.5) is 5.69 Å². The van der Waals surface area contributed by atoms with Crippen LogP contribution >= 0.6 is 15.9 Å². The van der Waals surface area contributed by atoms with Crippen molar-refractivity contribution >= 4 is 21.6 Å². The lowest BCUT2D eigenvalue weighted by molar-refractivity contribution is -0.00461. The molecule has 2 N–H and O–H groups in total. The Hall–Kier alpha value is -0.620. The first-order chi connectivity index (χ1) is 9.55. The van der Waals surface area contributed by atoms with Crippen molar-refractivity contribution in [2.24, 2.45) is 5.73 Å². The standard InChI is InChI=1S/C15H23BrN2O2/c1-10(17)6-11-7-12(16)4-5-13(11)18-8-14(19-2)15(9-18)20-3/h4-5,7,10,14-15H,6,8-9,17H2,1-3H3. The summed E-state index contributed by atoms with van der Waals surface area (Å²) in [6, 6.07) is 6.51. The van der Waals surface area contributed by atoms with Gasteiger partial charge in [-0.2, -0.15) is 0 Å². The van der Waals surface area contributed by atoms with E-state index in [-0.39, 0.29) is 18.2 Å². The van der Waals surface area contributed by atoms with Gasteiger partial charge in [0.05, 0.1) is 0 Å². The zero-order valence-electron chi connectivity index (χ0n) is 12.3. The minimum absolute atomic E-state index is 0.117. The SMILES string of the molecule is COC1CN(c2ccc(Br)cc2CC(C)N)CC1OC. The molecule has 1 fully saturated rings. The smallest absolute Gasteiger partial charge is 0.102 e. The fourth-order valence-corrected chi connectivity index (χ4v) is 3.17. The number of nitrogens with two attached hydrogens (primary N) is 1. The molecule has 112 valence electrons. The number of benzene rings is 1. The van der Waals surface area contributed by atoms with Crippen molar-refractivity contribution in [1.29, 1.82) is 0 Å². The monoisotopic (exact) mass is 342 g/mol. The van der Waals surface area contributed by atoms with Crippen molar-refractivity contribution < 1.29 is 9.47 Å². The van der Waals surface area contributed by atoms with Crippen LogP contribution in [-0.4, -0.2) is 45.6 Å². The summed E-state index contributed by atoms with van der Waals surface area (Å²) in [7, 11) is 3.48. The van der Waals surface area contributed by atoms with Gasteiger partial charge in [-0.15, -0.1) is 0 Å². The summed E-state index contributed by atoms with van der Waals surface area (Å²) in [6.07, 6.45) is 1.10. The normalized spacial score (nSPS) is 24.1. The molecule has 0 aliphatic carbocycles. The minimum Gasteiger partial charge on any atom is -0.377 e. The Labute approximate surface area is 129 Å². The van der Waals surface area contributed by atoms with E-state index in [9.17, 15) is 0 Å². The van der Waals surface area contributed by atoms with Crippen LogP contribution in [0.2, 0.25) is 0 Å². The number of ether oxygens (including phenoxy) is 2. The molecule has 0 aromatic heterocycles. The van der Waals surface area contributed by atoms with Gasteiger partial charge in [-0.3, -0.25) is 0 Å². The molecule has 5 heteroatoms. The molecule has 1 saturated heterocycles. The Bertz CT molecular complexity index is 441. The summed E-state index contributed by atoms with van der Waals surface area (Å²) in [5, 5.41) is 0. The van der Waals surface area contributed by atoms with E-state index >= 15 is 0 Å². The topological polar surface area (TPSA) is 47.7 Å². The van der Waals surface area contributed by atoms with E-state index in [1.807, 2.05) is 6.92 Å². The highest BCUT2D eigenvalue weighted by atomic mass is 79.9. The summed E-state index contributed by atoms with van der Waals surface area (Å²) in [5.74, 6) is 0. The van der Waals surface area contributed by atoms with Crippen molar-refractivity contribution in [3.05, 3.63) is 28.2 Å². The first kappa shape index (κ1) is 15.8. The number of hydrogen-bond acceptors (Lipinski definition) is 4. The third-order valence-corrected chi connectivity index (χ3v) is 4.24. The maximum absolute atomic E-state index is 5.97. The predicted octanol–water partition coefficient (Wildman–Crippen LogP) is 2.19. The van der Waals surface area contributed by atoms with Crippen LogP contribution in [0.1, 0.15) is 12.5 Å². The quantitative estimate of drug-likeness (QED) is 0.890. The van der Waals surface area contributed by atoms with Gasteiger partial charge in [0.1, 0.15) is 12.2 Å². The van der Waals surface area contributed by atoms with Crippen LogP contribution in [0, 0.1) is 0 Å². The lowest BCUT2D eigenvalue weighted by Crippen LogP contribution is -2.27. The van der Waals surface area contributed by atoms with Crippen LogP contribution in [0.5, 0.6) is 0 Å². The molecule has 1 aromatic carbocycles. The molecule has 1 aromatic rings. The summed E-state index contributed by atoms with van der Waals surface area (Å²) >= 11 is 3.54. The number of anilines is 1. The summed E-state index contributed by atoms with van der Waals surface area (Å²) in [5.41, 5.74) is 8.46. The van der Waals surface area contributed by atoms with E-state index in [0.717, 1.165) is 24.0 Å². The fourth-order valence-electron chi connectivity index (χ4n) is 2.77. The number of nitrogens with zero attached hydrogens (tertiary/aromatic N) is 1. The summed E-state index contributed by atoms with van der Waals surface area (Å²) in [4.78, 5) is 2.33. The van der Waals surface area contributed by atoms with E-state index in [2.05, 4.69) is 39.0 Å². The zero-order chi connectivity index (χ0) is 14.7. The lowest BCUT2D eigenvalue weighted by Gasteiger charge is -2.23. The molecule has 2 rings (SSSR count). The highest BCUT2D eigenvalue weighted by Gasteiger charge is 2.33. The van der Waals surface area contributed by atoms with Crippen molar-refractivity contribution in [2.75, 3.05) is 32.2 Å². The summed E-state index contributed by atoms with van der Waals surface area (Å²) in [6.45, 7) is 3.73. The van der Waals surface area contributed by atoms with Gasteiger partial charge in [-0.25, -0.2) is 0 Å². The molecule has 3 unspecified atom stereocenters. The molecule has 0 spiro atoms. The Kier molecular flexibility index (Phi) is 5.43. The first-order valence-electron chi connectivity index (χ1n) is 6.89. The molecule has 1 aliphatic rings. The maximum atomic E-state index is 5.97. The third-order valence-electron chi connectivity index (χ3n) is 3.74. The molecule has 1 aliphatic heterocycles. The average molecular weight is 343 g/mol. The molecule has 20 heavy (non-hydrogen) atoms. The molecule has 0 saturated carbocycles. The van der Waals surface area contributed by atoms with Crippen LogP contribution in [0.15, 0.2) is 22.7 Å².